The zero-order chi connectivity index (χ0) is 25.6. The fourth-order valence-corrected chi connectivity index (χ4v) is 6.36. The van der Waals surface area contributed by atoms with Crippen molar-refractivity contribution >= 4 is 33.7 Å². The predicted octanol–water partition coefficient (Wildman–Crippen LogP) is 1.85. The van der Waals surface area contributed by atoms with E-state index in [1.165, 1.54) is 36.7 Å². The SMILES string of the molecule is C=CC(=O)N1CCC(n2ncc3c([SH]4C(C(N)=O)=CC=C4[N+](=O)[O-])nc(-c4ccc(F)nc4)nc32)C1. The third-order valence-corrected chi connectivity index (χ3v) is 8.31. The van der Waals surface area contributed by atoms with Gasteiger partial charge >= 0.3 is 0 Å². The van der Waals surface area contributed by atoms with Crippen LogP contribution in [0, 0.1) is 16.1 Å². The summed E-state index contributed by atoms with van der Waals surface area (Å²) in [5.74, 6) is -1.56. The molecule has 1 fully saturated rings. The first-order chi connectivity index (χ1) is 17.3. The highest BCUT2D eigenvalue weighted by molar-refractivity contribution is 8.24. The highest BCUT2D eigenvalue weighted by atomic mass is 32.2. The largest absolute Gasteiger partial charge is 0.365 e. The van der Waals surface area contributed by atoms with Gasteiger partial charge in [-0.15, -0.1) is 0 Å². The fraction of sp³-hybridized carbons (Fsp3) is 0.182. The van der Waals surface area contributed by atoms with Gasteiger partial charge in [-0.25, -0.2) is 19.6 Å². The molecule has 5 heterocycles. The van der Waals surface area contributed by atoms with E-state index in [-0.39, 0.29) is 32.7 Å². The zero-order valence-corrected chi connectivity index (χ0v) is 19.5. The molecule has 2 aliphatic rings. The van der Waals surface area contributed by atoms with E-state index < -0.39 is 27.7 Å². The topological polar surface area (TPSA) is 163 Å². The number of amides is 2. The van der Waals surface area contributed by atoms with E-state index in [2.05, 4.69) is 26.6 Å². The van der Waals surface area contributed by atoms with Crippen LogP contribution in [0.3, 0.4) is 0 Å². The van der Waals surface area contributed by atoms with Crippen LogP contribution in [0.4, 0.5) is 4.39 Å². The monoisotopic (exact) mass is 510 g/mol. The molecule has 2 amide bonds. The Balaban J connectivity index is 1.70. The molecule has 0 radical (unpaired) electrons. The molecule has 0 bridgehead atoms. The Morgan fingerprint density at radius 1 is 1.28 bits per heavy atom. The molecule has 3 aromatic heterocycles. The number of aromatic nitrogens is 5. The number of primary amides is 1. The van der Waals surface area contributed by atoms with Crippen molar-refractivity contribution in [2.45, 2.75) is 17.5 Å². The van der Waals surface area contributed by atoms with E-state index in [0.717, 1.165) is 6.07 Å². The minimum atomic E-state index is -2.01. The maximum atomic E-state index is 13.5. The fourth-order valence-electron chi connectivity index (χ4n) is 4.24. The predicted molar refractivity (Wildman–Crippen MR) is 129 cm³/mol. The molecule has 5 rings (SSSR count). The number of hydrogen-bond acceptors (Lipinski definition) is 8. The summed E-state index contributed by atoms with van der Waals surface area (Å²) in [6, 6.07) is 2.36. The molecule has 184 valence electrons. The molecular weight excluding hydrogens is 491 g/mol. The molecule has 2 aliphatic heterocycles. The number of carbonyl (C=O) groups is 2. The van der Waals surface area contributed by atoms with Gasteiger partial charge in [-0.3, -0.25) is 19.7 Å². The number of fused-ring (bicyclic) bond motifs is 1. The van der Waals surface area contributed by atoms with Gasteiger partial charge in [-0.2, -0.15) is 9.49 Å². The minimum absolute atomic E-state index is 0.0660. The van der Waals surface area contributed by atoms with E-state index in [0.29, 0.717) is 36.1 Å². The average molecular weight is 511 g/mol. The first-order valence-corrected chi connectivity index (χ1v) is 12.1. The number of allylic oxidation sites excluding steroid dienone is 2. The van der Waals surface area contributed by atoms with Crippen LogP contribution in [0.15, 0.2) is 64.3 Å². The third kappa shape index (κ3) is 3.90. The maximum absolute atomic E-state index is 13.5. The minimum Gasteiger partial charge on any atom is -0.365 e. The van der Waals surface area contributed by atoms with Crippen LogP contribution >= 0.6 is 10.9 Å². The summed E-state index contributed by atoms with van der Waals surface area (Å²) in [5, 5.41) is 16.7. The summed E-state index contributed by atoms with van der Waals surface area (Å²) in [7, 11) is -2.01. The van der Waals surface area contributed by atoms with Crippen molar-refractivity contribution in [1.82, 2.24) is 29.6 Å². The van der Waals surface area contributed by atoms with Crippen LogP contribution < -0.4 is 5.73 Å². The normalized spacial score (nSPS) is 20.3. The van der Waals surface area contributed by atoms with Crippen molar-refractivity contribution in [3.05, 3.63) is 75.3 Å². The quantitative estimate of drug-likeness (QED) is 0.127. The van der Waals surface area contributed by atoms with Crippen molar-refractivity contribution in [2.24, 2.45) is 5.73 Å². The molecule has 2 atom stereocenters. The number of likely N-dealkylation sites (tertiary alicyclic amines) is 1. The van der Waals surface area contributed by atoms with Crippen molar-refractivity contribution < 1.29 is 18.9 Å². The van der Waals surface area contributed by atoms with E-state index in [4.69, 9.17) is 5.73 Å². The second kappa shape index (κ2) is 8.96. The van der Waals surface area contributed by atoms with Gasteiger partial charge in [0.05, 0.1) is 27.5 Å². The number of carbonyl (C=O) groups excluding carboxylic acids is 2. The molecule has 0 saturated carbocycles. The Kier molecular flexibility index (Phi) is 5.80. The van der Waals surface area contributed by atoms with Crippen LogP contribution in [0.25, 0.3) is 22.4 Å². The Morgan fingerprint density at radius 3 is 2.75 bits per heavy atom. The van der Waals surface area contributed by atoms with Gasteiger partial charge in [-0.1, -0.05) is 17.5 Å². The van der Waals surface area contributed by atoms with Crippen LogP contribution in [0.5, 0.6) is 0 Å². The van der Waals surface area contributed by atoms with Crippen molar-refractivity contribution in [1.29, 1.82) is 0 Å². The number of halogens is 1. The number of nitro groups is 1. The molecule has 36 heavy (non-hydrogen) atoms. The van der Waals surface area contributed by atoms with Gasteiger partial charge < -0.3 is 10.6 Å². The van der Waals surface area contributed by atoms with Gasteiger partial charge in [-0.05, 0) is 30.7 Å². The lowest BCUT2D eigenvalue weighted by molar-refractivity contribution is -0.410. The average Bonchev–Trinajstić information content (AvgIpc) is 3.61. The van der Waals surface area contributed by atoms with E-state index in [9.17, 15) is 24.1 Å². The maximum Gasteiger partial charge on any atom is 0.293 e. The molecular formula is C22H19FN8O4S. The smallest absolute Gasteiger partial charge is 0.293 e. The first-order valence-electron chi connectivity index (χ1n) is 10.7. The summed E-state index contributed by atoms with van der Waals surface area (Å²) < 4.78 is 15.1. The van der Waals surface area contributed by atoms with Crippen LogP contribution in [-0.2, 0) is 9.59 Å². The Morgan fingerprint density at radius 2 is 2.08 bits per heavy atom. The summed E-state index contributed by atoms with van der Waals surface area (Å²) >= 11 is 0. The molecule has 0 aromatic carbocycles. The van der Waals surface area contributed by atoms with Crippen molar-refractivity contribution in [3.8, 4) is 11.4 Å². The summed E-state index contributed by atoms with van der Waals surface area (Å²) in [6.07, 6.45) is 7.17. The number of pyridine rings is 1. The van der Waals surface area contributed by atoms with Crippen LogP contribution in [-0.4, -0.2) is 59.5 Å². The number of rotatable bonds is 6. The molecule has 2 N–H and O–H groups in total. The summed E-state index contributed by atoms with van der Waals surface area (Å²) in [4.78, 5) is 50.1. The van der Waals surface area contributed by atoms with Crippen LogP contribution in [0.2, 0.25) is 0 Å². The first kappa shape index (κ1) is 23.3. The van der Waals surface area contributed by atoms with Gasteiger partial charge in [0.1, 0.15) is 5.03 Å². The molecule has 3 aromatic rings. The number of nitrogens with two attached hydrogens (primary N) is 1. The summed E-state index contributed by atoms with van der Waals surface area (Å²) in [6.45, 7) is 4.39. The van der Waals surface area contributed by atoms with Gasteiger partial charge in [0, 0.05) is 30.9 Å². The molecule has 12 nitrogen and oxygen atoms in total. The molecule has 1 saturated heterocycles. The Hall–Kier alpha value is -4.46. The van der Waals surface area contributed by atoms with E-state index in [1.54, 1.807) is 9.58 Å². The van der Waals surface area contributed by atoms with Gasteiger partial charge in [0.2, 0.25) is 11.9 Å². The second-order valence-corrected chi connectivity index (χ2v) is 10.1. The molecule has 2 unspecified atom stereocenters. The van der Waals surface area contributed by atoms with Crippen molar-refractivity contribution in [2.75, 3.05) is 13.1 Å². The lowest BCUT2D eigenvalue weighted by Crippen LogP contribution is -2.27. The lowest BCUT2D eigenvalue weighted by Gasteiger charge is -2.18. The zero-order valence-electron chi connectivity index (χ0n) is 18.6. The van der Waals surface area contributed by atoms with Gasteiger partial charge in [0.25, 0.3) is 10.9 Å². The lowest BCUT2D eigenvalue weighted by atomic mass is 10.2. The Bertz CT molecular complexity index is 1470. The third-order valence-electron chi connectivity index (χ3n) is 5.93. The van der Waals surface area contributed by atoms with Gasteiger partial charge in [0.15, 0.2) is 11.5 Å². The summed E-state index contributed by atoms with van der Waals surface area (Å²) in [5.41, 5.74) is 6.28. The number of hydrogen-bond donors (Lipinski definition) is 2. The Labute approximate surface area is 205 Å². The highest BCUT2D eigenvalue weighted by Gasteiger charge is 2.37. The second-order valence-electron chi connectivity index (χ2n) is 8.03. The van der Waals surface area contributed by atoms with Crippen molar-refractivity contribution in [3.63, 3.8) is 0 Å². The molecule has 14 heteroatoms. The number of thiol groups is 1. The standard InChI is InChI=1S/C22H19FN8O4S/c1-2-17(32)29-8-7-13(11-29)30-21-14(10-26-30)22(28-20(27-21)12-3-5-16(23)25-9-12)36-15(19(24)33)4-6-18(36)31(34)35/h2-6,9-10,13,36H,1,7-8,11H2,(H2,24,33). The van der Waals surface area contributed by atoms with E-state index in [1.807, 2.05) is 0 Å². The highest BCUT2D eigenvalue weighted by Crippen LogP contribution is 2.55. The van der Waals surface area contributed by atoms with E-state index >= 15 is 0 Å². The molecule has 0 aliphatic carbocycles. The molecule has 0 spiro atoms. The number of nitrogens with zero attached hydrogens (tertiary/aromatic N) is 7. The van der Waals surface area contributed by atoms with Crippen LogP contribution in [0.1, 0.15) is 12.5 Å².